The normalized spacial score (nSPS) is 10.8. The zero-order valence-corrected chi connectivity index (χ0v) is 11.6. The van der Waals surface area contributed by atoms with Crippen LogP contribution in [-0.4, -0.2) is 13.5 Å². The molecule has 2 rings (SSSR count). The smallest absolute Gasteiger partial charge is 0.262 e. The topological polar surface area (TPSA) is 90.2 Å². The van der Waals surface area contributed by atoms with E-state index in [0.29, 0.717) is 0 Å². The van der Waals surface area contributed by atoms with Gasteiger partial charge in [-0.1, -0.05) is 17.7 Å². The highest BCUT2D eigenvalue weighted by molar-refractivity contribution is 7.92. The second kappa shape index (κ2) is 5.41. The first-order valence-corrected chi connectivity index (χ1v) is 7.30. The number of benzene rings is 2. The molecular weight excluding hydrogens is 300 g/mol. The molecule has 0 radical (unpaired) electrons. The van der Waals surface area contributed by atoms with Gasteiger partial charge in [-0.25, -0.2) is 8.42 Å². The Morgan fingerprint density at radius 3 is 2.60 bits per heavy atom. The van der Waals surface area contributed by atoms with Gasteiger partial charge in [-0.2, -0.15) is 5.26 Å². The maximum absolute atomic E-state index is 12.1. The summed E-state index contributed by atoms with van der Waals surface area (Å²) in [5.41, 5.74) is 0.241. The molecule has 0 aliphatic carbocycles. The molecule has 0 bridgehead atoms. The van der Waals surface area contributed by atoms with Crippen LogP contribution in [0.15, 0.2) is 47.4 Å². The molecule has 0 aliphatic rings. The molecule has 20 heavy (non-hydrogen) atoms. The minimum atomic E-state index is -3.89. The third-order valence-corrected chi connectivity index (χ3v) is 4.08. The number of halogens is 1. The average molecular weight is 309 g/mol. The van der Waals surface area contributed by atoms with Crippen LogP contribution in [-0.2, 0) is 10.0 Å². The van der Waals surface area contributed by atoms with Crippen LogP contribution in [0.4, 0.5) is 5.69 Å². The van der Waals surface area contributed by atoms with Crippen molar-refractivity contribution in [2.75, 3.05) is 4.72 Å². The maximum atomic E-state index is 12.1. The number of hydrogen-bond acceptors (Lipinski definition) is 4. The Balaban J connectivity index is 2.38. The van der Waals surface area contributed by atoms with E-state index in [1.54, 1.807) is 0 Å². The van der Waals surface area contributed by atoms with Gasteiger partial charge in [-0.05, 0) is 30.3 Å². The number of phenolic OH excluding ortho intramolecular Hbond substituents is 1. The lowest BCUT2D eigenvalue weighted by Crippen LogP contribution is -2.13. The molecule has 0 unspecified atom stereocenters. The van der Waals surface area contributed by atoms with E-state index < -0.39 is 10.0 Å². The molecule has 0 saturated heterocycles. The summed E-state index contributed by atoms with van der Waals surface area (Å²) in [6.07, 6.45) is 0. The standard InChI is InChI=1S/C13H9ClN2O3S/c14-10-4-5-12(13(17)7-10)16-20(18,19)11-3-1-2-9(6-11)8-15/h1-7,16-17H. The second-order valence-electron chi connectivity index (χ2n) is 3.91. The molecule has 7 heteroatoms. The molecular formula is C13H9ClN2O3S. The van der Waals surface area contributed by atoms with E-state index in [1.165, 1.54) is 42.5 Å². The number of aromatic hydroxyl groups is 1. The van der Waals surface area contributed by atoms with Crippen molar-refractivity contribution in [1.82, 2.24) is 0 Å². The minimum Gasteiger partial charge on any atom is -0.506 e. The predicted octanol–water partition coefficient (Wildman–Crippen LogP) is 2.72. The van der Waals surface area contributed by atoms with E-state index in [4.69, 9.17) is 16.9 Å². The maximum Gasteiger partial charge on any atom is 0.262 e. The second-order valence-corrected chi connectivity index (χ2v) is 6.03. The van der Waals surface area contributed by atoms with E-state index in [9.17, 15) is 13.5 Å². The summed E-state index contributed by atoms with van der Waals surface area (Å²) in [5, 5.41) is 18.7. The molecule has 2 aromatic carbocycles. The summed E-state index contributed by atoms with van der Waals surface area (Å²) in [6, 6.07) is 11.5. The molecule has 0 amide bonds. The fourth-order valence-electron chi connectivity index (χ4n) is 1.53. The van der Waals surface area contributed by atoms with Crippen molar-refractivity contribution < 1.29 is 13.5 Å². The Kier molecular flexibility index (Phi) is 3.84. The van der Waals surface area contributed by atoms with Crippen molar-refractivity contribution in [3.63, 3.8) is 0 Å². The van der Waals surface area contributed by atoms with Gasteiger partial charge in [0.1, 0.15) is 5.75 Å². The average Bonchev–Trinajstić information content (AvgIpc) is 2.42. The lowest BCUT2D eigenvalue weighted by molar-refractivity contribution is 0.477. The van der Waals surface area contributed by atoms with Crippen LogP contribution < -0.4 is 4.72 Å². The van der Waals surface area contributed by atoms with Crippen LogP contribution in [0.3, 0.4) is 0 Å². The molecule has 0 heterocycles. The highest BCUT2D eigenvalue weighted by atomic mass is 35.5. The van der Waals surface area contributed by atoms with E-state index in [-0.39, 0.29) is 26.9 Å². The summed E-state index contributed by atoms with van der Waals surface area (Å²) in [7, 11) is -3.89. The van der Waals surface area contributed by atoms with Crippen LogP contribution in [0.5, 0.6) is 5.75 Å². The molecule has 0 aromatic heterocycles. The van der Waals surface area contributed by atoms with Crippen LogP contribution in [0, 0.1) is 11.3 Å². The van der Waals surface area contributed by atoms with Crippen molar-refractivity contribution >= 4 is 27.3 Å². The summed E-state index contributed by atoms with van der Waals surface area (Å²) < 4.78 is 26.5. The van der Waals surface area contributed by atoms with Gasteiger partial charge in [0, 0.05) is 11.1 Å². The van der Waals surface area contributed by atoms with E-state index >= 15 is 0 Å². The largest absolute Gasteiger partial charge is 0.506 e. The fourth-order valence-corrected chi connectivity index (χ4v) is 2.81. The van der Waals surface area contributed by atoms with Gasteiger partial charge >= 0.3 is 0 Å². The summed E-state index contributed by atoms with van der Waals surface area (Å²) >= 11 is 5.67. The number of anilines is 1. The minimum absolute atomic E-state index is 0.0109. The van der Waals surface area contributed by atoms with Crippen LogP contribution >= 0.6 is 11.6 Å². The number of hydrogen-bond donors (Lipinski definition) is 2. The monoisotopic (exact) mass is 308 g/mol. The van der Waals surface area contributed by atoms with E-state index in [2.05, 4.69) is 4.72 Å². The third-order valence-electron chi connectivity index (χ3n) is 2.48. The van der Waals surface area contributed by atoms with Crippen molar-refractivity contribution in [2.45, 2.75) is 4.90 Å². The quantitative estimate of drug-likeness (QED) is 0.853. The number of nitrogens with one attached hydrogen (secondary N) is 1. The number of rotatable bonds is 3. The zero-order chi connectivity index (χ0) is 14.8. The van der Waals surface area contributed by atoms with Crippen molar-refractivity contribution in [1.29, 1.82) is 5.26 Å². The van der Waals surface area contributed by atoms with E-state index in [1.807, 2.05) is 6.07 Å². The molecule has 2 N–H and O–H groups in total. The zero-order valence-electron chi connectivity index (χ0n) is 10.0. The van der Waals surface area contributed by atoms with Crippen LogP contribution in [0.1, 0.15) is 5.56 Å². The lowest BCUT2D eigenvalue weighted by atomic mass is 10.2. The third kappa shape index (κ3) is 3.02. The lowest BCUT2D eigenvalue weighted by Gasteiger charge is -2.10. The van der Waals surface area contributed by atoms with Crippen LogP contribution in [0.2, 0.25) is 5.02 Å². The van der Waals surface area contributed by atoms with Gasteiger partial charge in [0.15, 0.2) is 0 Å². The molecule has 2 aromatic rings. The van der Waals surface area contributed by atoms with Crippen LogP contribution in [0.25, 0.3) is 0 Å². The Bertz CT molecular complexity index is 798. The Morgan fingerprint density at radius 2 is 1.95 bits per heavy atom. The van der Waals surface area contributed by atoms with Gasteiger partial charge < -0.3 is 5.11 Å². The van der Waals surface area contributed by atoms with Gasteiger partial charge in [-0.3, -0.25) is 4.72 Å². The molecule has 0 aliphatic heterocycles. The molecule has 0 atom stereocenters. The van der Waals surface area contributed by atoms with Crippen molar-refractivity contribution in [2.24, 2.45) is 0 Å². The van der Waals surface area contributed by atoms with Gasteiger partial charge in [0.05, 0.1) is 22.2 Å². The first kappa shape index (κ1) is 14.2. The highest BCUT2D eigenvalue weighted by Gasteiger charge is 2.16. The Labute approximate surface area is 121 Å². The first-order valence-electron chi connectivity index (χ1n) is 5.44. The summed E-state index contributed by atoms with van der Waals surface area (Å²) in [5.74, 6) is -0.280. The molecule has 0 saturated carbocycles. The first-order chi connectivity index (χ1) is 9.42. The summed E-state index contributed by atoms with van der Waals surface area (Å²) in [6.45, 7) is 0. The summed E-state index contributed by atoms with van der Waals surface area (Å²) in [4.78, 5) is -0.0640. The number of nitrogens with zero attached hydrogens (tertiary/aromatic N) is 1. The molecule has 5 nitrogen and oxygen atoms in total. The predicted molar refractivity (Wildman–Crippen MR) is 75.1 cm³/mol. The SMILES string of the molecule is N#Cc1cccc(S(=O)(=O)Nc2ccc(Cl)cc2O)c1. The number of sulfonamides is 1. The van der Waals surface area contributed by atoms with Gasteiger partial charge in [-0.15, -0.1) is 0 Å². The van der Waals surface area contributed by atoms with Gasteiger partial charge in [0.2, 0.25) is 0 Å². The molecule has 0 spiro atoms. The number of phenols is 1. The fraction of sp³-hybridized carbons (Fsp3) is 0. The van der Waals surface area contributed by atoms with Crippen molar-refractivity contribution in [3.8, 4) is 11.8 Å². The van der Waals surface area contributed by atoms with Crippen molar-refractivity contribution in [3.05, 3.63) is 53.1 Å². The Morgan fingerprint density at radius 1 is 1.20 bits per heavy atom. The molecule has 102 valence electrons. The highest BCUT2D eigenvalue weighted by Crippen LogP contribution is 2.28. The van der Waals surface area contributed by atoms with E-state index in [0.717, 1.165) is 0 Å². The Hall–Kier alpha value is -2.23. The number of nitriles is 1. The molecule has 0 fully saturated rings. The van der Waals surface area contributed by atoms with Gasteiger partial charge in [0.25, 0.3) is 10.0 Å².